The Labute approximate surface area is 206 Å². The number of fused-ring (bicyclic) bond motifs is 3. The van der Waals surface area contributed by atoms with E-state index in [1.807, 2.05) is 20.8 Å². The lowest BCUT2D eigenvalue weighted by Crippen LogP contribution is -2.74. The zero-order chi connectivity index (χ0) is 26.7. The topological polar surface area (TPSA) is 140 Å². The summed E-state index contributed by atoms with van der Waals surface area (Å²) in [4.78, 5) is 36.2. The molecular weight excluding hydrogens is 456 g/mol. The molecule has 0 aromatic rings. The van der Waals surface area contributed by atoms with Crippen LogP contribution in [0.5, 0.6) is 0 Å². The summed E-state index contributed by atoms with van der Waals surface area (Å²) in [6, 6.07) is 0. The van der Waals surface area contributed by atoms with Crippen molar-refractivity contribution in [2.75, 3.05) is 0 Å². The lowest BCUT2D eigenvalue weighted by Gasteiger charge is -2.68. The maximum Gasteiger partial charge on any atom is 0.303 e. The number of carbonyl (C=O) groups excluding carboxylic acids is 3. The fraction of sp³-hybridized carbons (Fsp3) is 0.808. The average Bonchev–Trinajstić information content (AvgIpc) is 2.65. The van der Waals surface area contributed by atoms with Crippen LogP contribution in [0.25, 0.3) is 0 Å². The SMILES string of the molecule is C=C(C)[C@H]1C[C@]2(O)C[C@H](O)[C@@H]3C(C)(C)[C@@H](OC(C)=O)[C@@H](OC(C)=O)C[C@@]3(C)[C@@H]2[C@@H](OC(C)=O)[C@@H]1O. The van der Waals surface area contributed by atoms with Crippen molar-refractivity contribution in [3.8, 4) is 0 Å². The number of esters is 3. The van der Waals surface area contributed by atoms with Crippen molar-refractivity contribution in [1.29, 1.82) is 0 Å². The predicted molar refractivity (Wildman–Crippen MR) is 125 cm³/mol. The van der Waals surface area contributed by atoms with Gasteiger partial charge in [-0.1, -0.05) is 32.9 Å². The third-order valence-electron chi connectivity index (χ3n) is 8.66. The summed E-state index contributed by atoms with van der Waals surface area (Å²) in [6.45, 7) is 15.0. The summed E-state index contributed by atoms with van der Waals surface area (Å²) in [5.41, 5.74) is -2.71. The average molecular weight is 497 g/mol. The molecular formula is C26H40O9. The Bertz CT molecular complexity index is 897. The number of aliphatic hydroxyl groups is 3. The lowest BCUT2D eigenvalue weighted by atomic mass is 9.40. The Morgan fingerprint density at radius 2 is 1.37 bits per heavy atom. The fourth-order valence-corrected chi connectivity index (χ4v) is 7.99. The van der Waals surface area contributed by atoms with Gasteiger partial charge >= 0.3 is 17.9 Å². The van der Waals surface area contributed by atoms with Crippen molar-refractivity contribution in [2.45, 2.75) is 104 Å². The number of carbonyl (C=O) groups is 3. The minimum atomic E-state index is -1.49. The van der Waals surface area contributed by atoms with Gasteiger partial charge in [0.25, 0.3) is 0 Å². The second-order valence-electron chi connectivity index (χ2n) is 11.8. The van der Waals surface area contributed by atoms with Crippen LogP contribution < -0.4 is 0 Å². The van der Waals surface area contributed by atoms with Crippen LogP contribution in [-0.4, -0.2) is 69.3 Å². The highest BCUT2D eigenvalue weighted by Gasteiger charge is 2.72. The van der Waals surface area contributed by atoms with Gasteiger partial charge in [-0.3, -0.25) is 14.4 Å². The van der Waals surface area contributed by atoms with E-state index in [4.69, 9.17) is 14.2 Å². The molecule has 3 rings (SSSR count). The molecule has 10 atom stereocenters. The van der Waals surface area contributed by atoms with Gasteiger partial charge in [0.15, 0.2) is 0 Å². The first kappa shape index (κ1) is 27.6. The van der Waals surface area contributed by atoms with E-state index in [0.717, 1.165) is 0 Å². The Morgan fingerprint density at radius 3 is 1.86 bits per heavy atom. The molecule has 0 amide bonds. The summed E-state index contributed by atoms with van der Waals surface area (Å²) in [6.07, 6.45) is -4.64. The second kappa shape index (κ2) is 9.16. The van der Waals surface area contributed by atoms with E-state index >= 15 is 0 Å². The van der Waals surface area contributed by atoms with E-state index in [2.05, 4.69) is 6.58 Å². The van der Waals surface area contributed by atoms with Crippen LogP contribution in [0.15, 0.2) is 12.2 Å². The zero-order valence-corrected chi connectivity index (χ0v) is 21.7. The van der Waals surface area contributed by atoms with Crippen LogP contribution in [0, 0.1) is 28.6 Å². The first-order valence-corrected chi connectivity index (χ1v) is 12.2. The second-order valence-corrected chi connectivity index (χ2v) is 11.8. The quantitative estimate of drug-likeness (QED) is 0.302. The molecule has 0 aliphatic heterocycles. The maximum atomic E-state index is 12.1. The van der Waals surface area contributed by atoms with E-state index < -0.39 is 82.6 Å². The number of hydrogen-bond donors (Lipinski definition) is 3. The molecule has 0 aromatic carbocycles. The minimum Gasteiger partial charge on any atom is -0.459 e. The molecule has 0 bridgehead atoms. The summed E-state index contributed by atoms with van der Waals surface area (Å²) >= 11 is 0. The Balaban J connectivity index is 2.20. The molecule has 0 heterocycles. The van der Waals surface area contributed by atoms with Crippen LogP contribution in [0.2, 0.25) is 0 Å². The van der Waals surface area contributed by atoms with Gasteiger partial charge in [0, 0.05) is 44.4 Å². The Hall–Kier alpha value is -1.97. The highest BCUT2D eigenvalue weighted by atomic mass is 16.6. The molecule has 3 aliphatic carbocycles. The third kappa shape index (κ3) is 4.62. The van der Waals surface area contributed by atoms with Gasteiger partial charge in [0.05, 0.1) is 17.8 Å². The van der Waals surface area contributed by atoms with Crippen LogP contribution in [0.1, 0.15) is 67.7 Å². The molecule has 3 saturated carbocycles. The van der Waals surface area contributed by atoms with Crippen molar-refractivity contribution < 1.29 is 43.9 Å². The Kier molecular flexibility index (Phi) is 7.23. The van der Waals surface area contributed by atoms with Gasteiger partial charge in [-0.05, 0) is 31.1 Å². The van der Waals surface area contributed by atoms with Crippen molar-refractivity contribution in [3.05, 3.63) is 12.2 Å². The summed E-state index contributed by atoms with van der Waals surface area (Å²) in [5.74, 6) is -3.56. The van der Waals surface area contributed by atoms with Crippen LogP contribution in [0.4, 0.5) is 0 Å². The number of aliphatic hydroxyl groups excluding tert-OH is 2. The molecule has 3 fully saturated rings. The maximum absolute atomic E-state index is 12.1. The monoisotopic (exact) mass is 496 g/mol. The molecule has 198 valence electrons. The van der Waals surface area contributed by atoms with Gasteiger partial charge in [-0.25, -0.2) is 0 Å². The molecule has 3 N–H and O–H groups in total. The highest BCUT2D eigenvalue weighted by Crippen LogP contribution is 2.66. The van der Waals surface area contributed by atoms with E-state index in [0.29, 0.717) is 5.57 Å². The highest BCUT2D eigenvalue weighted by molar-refractivity contribution is 5.67. The van der Waals surface area contributed by atoms with E-state index in [9.17, 15) is 29.7 Å². The first-order chi connectivity index (χ1) is 16.0. The summed E-state index contributed by atoms with van der Waals surface area (Å²) in [5, 5.41) is 34.8. The number of rotatable bonds is 4. The molecule has 35 heavy (non-hydrogen) atoms. The standard InChI is InChI=1S/C26H40O9/c1-12(2)16-9-26(32)10-17(30)21-24(6,7)23(35-15(5)29)18(33-13(3)27)11-25(21,8)22(26)20(19(16)31)34-14(4)28/h16-23,30-32H,1,9-11H2,2-8H3/t16-,17+,18+,19-,20+,21-,22+,23+,25-,26+/m1/s1. The molecule has 0 aromatic heterocycles. The van der Waals surface area contributed by atoms with Crippen molar-refractivity contribution in [2.24, 2.45) is 28.6 Å². The van der Waals surface area contributed by atoms with Gasteiger partial charge in [0.1, 0.15) is 18.3 Å². The van der Waals surface area contributed by atoms with Crippen molar-refractivity contribution in [1.82, 2.24) is 0 Å². The first-order valence-electron chi connectivity index (χ1n) is 12.2. The van der Waals surface area contributed by atoms with Crippen LogP contribution in [-0.2, 0) is 28.6 Å². The van der Waals surface area contributed by atoms with Crippen LogP contribution >= 0.6 is 0 Å². The van der Waals surface area contributed by atoms with Gasteiger partial charge in [-0.2, -0.15) is 0 Å². The molecule has 0 spiro atoms. The number of hydrogen-bond acceptors (Lipinski definition) is 9. The van der Waals surface area contributed by atoms with Gasteiger partial charge < -0.3 is 29.5 Å². The Morgan fingerprint density at radius 1 is 0.829 bits per heavy atom. The molecule has 3 aliphatic rings. The van der Waals surface area contributed by atoms with Crippen molar-refractivity contribution in [3.63, 3.8) is 0 Å². The fourth-order valence-electron chi connectivity index (χ4n) is 7.99. The number of ether oxygens (including phenoxy) is 3. The van der Waals surface area contributed by atoms with Gasteiger partial charge in [0.2, 0.25) is 0 Å². The van der Waals surface area contributed by atoms with E-state index in [1.54, 1.807) is 6.92 Å². The normalized spacial score (nSPS) is 44.3. The van der Waals surface area contributed by atoms with Gasteiger partial charge in [-0.15, -0.1) is 0 Å². The summed E-state index contributed by atoms with van der Waals surface area (Å²) in [7, 11) is 0. The summed E-state index contributed by atoms with van der Waals surface area (Å²) < 4.78 is 17.0. The van der Waals surface area contributed by atoms with Crippen LogP contribution in [0.3, 0.4) is 0 Å². The van der Waals surface area contributed by atoms with Crippen molar-refractivity contribution >= 4 is 17.9 Å². The predicted octanol–water partition coefficient (Wildman–Crippen LogP) is 1.90. The lowest BCUT2D eigenvalue weighted by molar-refractivity contribution is -0.304. The van der Waals surface area contributed by atoms with E-state index in [1.165, 1.54) is 20.8 Å². The third-order valence-corrected chi connectivity index (χ3v) is 8.66. The largest absolute Gasteiger partial charge is 0.459 e. The van der Waals surface area contributed by atoms with E-state index in [-0.39, 0.29) is 19.3 Å². The molecule has 0 saturated heterocycles. The minimum absolute atomic E-state index is 0.0133. The molecule has 9 nitrogen and oxygen atoms in total. The molecule has 9 heteroatoms. The molecule has 0 unspecified atom stereocenters. The molecule has 0 radical (unpaired) electrons. The zero-order valence-electron chi connectivity index (χ0n) is 21.7. The smallest absolute Gasteiger partial charge is 0.303 e.